The Morgan fingerprint density at radius 1 is 1.05 bits per heavy atom. The molecule has 1 heterocycles. The molecule has 0 spiro atoms. The lowest BCUT2D eigenvalue weighted by Gasteiger charge is -2.02. The summed E-state index contributed by atoms with van der Waals surface area (Å²) in [6.45, 7) is 1.21. The van der Waals surface area contributed by atoms with E-state index in [4.69, 9.17) is 4.42 Å². The molecule has 4 heteroatoms. The third kappa shape index (κ3) is 2.43. The minimum atomic E-state index is -0.807. The molecule has 2 aliphatic carbocycles. The van der Waals surface area contributed by atoms with Crippen LogP contribution >= 0.6 is 0 Å². The van der Waals surface area contributed by atoms with Crippen LogP contribution in [0.2, 0.25) is 0 Å². The Kier molecular flexibility index (Phi) is 3.06. The highest BCUT2D eigenvalue weighted by Crippen LogP contribution is 2.32. The van der Waals surface area contributed by atoms with Crippen molar-refractivity contribution in [2.45, 2.75) is 6.92 Å². The summed E-state index contributed by atoms with van der Waals surface area (Å²) in [6.07, 6.45) is 0. The van der Waals surface area contributed by atoms with E-state index in [1.54, 1.807) is 24.3 Å². The van der Waals surface area contributed by atoms with Crippen molar-refractivity contribution in [3.05, 3.63) is 64.5 Å². The maximum atomic E-state index is 11.3. The standard InChI is InChI=1S/C11H8O4.C6H4/c1-6(12)9-10(13)7-4-2-3-5-8(7)15-11(9)14;1-2-5-4-6(5)3-1/h2-5,13H,1H3;1-4H. The second-order valence-electron chi connectivity index (χ2n) is 4.75. The smallest absolute Gasteiger partial charge is 0.351 e. The molecule has 1 aromatic carbocycles. The lowest BCUT2D eigenvalue weighted by Crippen LogP contribution is -2.11. The molecule has 104 valence electrons. The third-order valence-electron chi connectivity index (χ3n) is 3.25. The number of aromatic hydroxyl groups is 1. The van der Waals surface area contributed by atoms with Crippen LogP contribution in [0, 0.1) is 0 Å². The number of fused-ring (bicyclic) bond motifs is 2. The van der Waals surface area contributed by atoms with Gasteiger partial charge in [0.05, 0.1) is 5.39 Å². The van der Waals surface area contributed by atoms with Gasteiger partial charge in [-0.1, -0.05) is 30.3 Å². The molecule has 0 amide bonds. The number of benzene rings is 2. The number of para-hydroxylation sites is 1. The Bertz CT molecular complexity index is 889. The van der Waals surface area contributed by atoms with Gasteiger partial charge in [-0.25, -0.2) is 4.79 Å². The molecule has 21 heavy (non-hydrogen) atoms. The zero-order chi connectivity index (χ0) is 15.0. The van der Waals surface area contributed by atoms with Crippen molar-refractivity contribution in [2.75, 3.05) is 0 Å². The molecule has 0 fully saturated rings. The van der Waals surface area contributed by atoms with Crippen LogP contribution in [0.1, 0.15) is 17.3 Å². The van der Waals surface area contributed by atoms with E-state index in [0.717, 1.165) is 0 Å². The molecule has 1 N–H and O–H groups in total. The Morgan fingerprint density at radius 3 is 2.24 bits per heavy atom. The maximum absolute atomic E-state index is 11.3. The Labute approximate surface area is 120 Å². The second-order valence-corrected chi connectivity index (χ2v) is 4.75. The molecule has 0 unspecified atom stereocenters. The van der Waals surface area contributed by atoms with Crippen LogP contribution in [0.4, 0.5) is 0 Å². The Balaban J connectivity index is 0.000000180. The first-order valence-corrected chi connectivity index (χ1v) is 6.44. The second kappa shape index (κ2) is 4.90. The number of hydrogen-bond acceptors (Lipinski definition) is 4. The predicted octanol–water partition coefficient (Wildman–Crippen LogP) is 3.37. The van der Waals surface area contributed by atoms with E-state index in [1.807, 2.05) is 0 Å². The van der Waals surface area contributed by atoms with E-state index in [-0.39, 0.29) is 16.9 Å². The van der Waals surface area contributed by atoms with Gasteiger partial charge >= 0.3 is 5.63 Å². The van der Waals surface area contributed by atoms with Crippen molar-refractivity contribution in [1.29, 1.82) is 0 Å². The average Bonchev–Trinajstić information content (AvgIpc) is 3.05. The summed E-state index contributed by atoms with van der Waals surface area (Å²) >= 11 is 0. The monoisotopic (exact) mass is 280 g/mol. The van der Waals surface area contributed by atoms with Crippen molar-refractivity contribution in [3.63, 3.8) is 0 Å². The summed E-state index contributed by atoms with van der Waals surface area (Å²) in [6, 6.07) is 15.0. The van der Waals surface area contributed by atoms with Gasteiger partial charge in [-0.15, -0.1) is 0 Å². The maximum Gasteiger partial charge on any atom is 0.351 e. The normalized spacial score (nSPS) is 10.7. The first kappa shape index (κ1) is 13.1. The molecule has 0 saturated heterocycles. The van der Waals surface area contributed by atoms with Crippen LogP contribution in [-0.2, 0) is 0 Å². The number of Topliss-reactive ketones (excluding diaryl/α,β-unsaturated/α-hetero) is 1. The zero-order valence-corrected chi connectivity index (χ0v) is 11.3. The van der Waals surface area contributed by atoms with Gasteiger partial charge < -0.3 is 9.52 Å². The van der Waals surface area contributed by atoms with E-state index in [2.05, 4.69) is 24.3 Å². The van der Waals surface area contributed by atoms with Crippen molar-refractivity contribution >= 4 is 16.8 Å². The Hall–Kier alpha value is -2.88. The minimum absolute atomic E-state index is 0.269. The molecule has 4 rings (SSSR count). The predicted molar refractivity (Wildman–Crippen MR) is 79.6 cm³/mol. The molecule has 0 radical (unpaired) electrons. The molecule has 0 bridgehead atoms. The van der Waals surface area contributed by atoms with E-state index in [1.165, 1.54) is 18.1 Å². The van der Waals surface area contributed by atoms with Gasteiger partial charge in [0.15, 0.2) is 5.78 Å². The molecule has 2 aromatic rings. The molecule has 4 nitrogen and oxygen atoms in total. The van der Waals surface area contributed by atoms with E-state index in [9.17, 15) is 14.7 Å². The fourth-order valence-corrected chi connectivity index (χ4v) is 2.12. The summed E-state index contributed by atoms with van der Waals surface area (Å²) in [5.41, 5.74) is 2.02. The first-order chi connectivity index (χ1) is 10.1. The van der Waals surface area contributed by atoms with Gasteiger partial charge in [0.2, 0.25) is 0 Å². The van der Waals surface area contributed by atoms with Gasteiger partial charge in [-0.2, -0.15) is 0 Å². The summed E-state index contributed by atoms with van der Waals surface area (Å²) in [5.74, 6) is -0.818. The fourth-order valence-electron chi connectivity index (χ4n) is 2.12. The van der Waals surface area contributed by atoms with Gasteiger partial charge in [0.1, 0.15) is 16.9 Å². The van der Waals surface area contributed by atoms with Crippen LogP contribution in [0.25, 0.3) is 22.1 Å². The van der Waals surface area contributed by atoms with E-state index >= 15 is 0 Å². The van der Waals surface area contributed by atoms with Crippen LogP contribution in [0.3, 0.4) is 0 Å². The number of rotatable bonds is 1. The molecule has 2 aliphatic rings. The van der Waals surface area contributed by atoms with E-state index < -0.39 is 11.4 Å². The Morgan fingerprint density at radius 2 is 1.71 bits per heavy atom. The molecular formula is C17H12O4. The van der Waals surface area contributed by atoms with Gasteiger partial charge in [0, 0.05) is 0 Å². The average molecular weight is 280 g/mol. The minimum Gasteiger partial charge on any atom is -0.506 e. The SMILES string of the molecule is CC(=O)c1c(O)c2ccccc2oc1=O.c1cc2cc-2c1. The first-order valence-electron chi connectivity index (χ1n) is 6.44. The van der Waals surface area contributed by atoms with Gasteiger partial charge in [0.25, 0.3) is 0 Å². The van der Waals surface area contributed by atoms with Gasteiger partial charge in [-0.3, -0.25) is 4.79 Å². The highest BCUT2D eigenvalue weighted by molar-refractivity contribution is 6.01. The largest absolute Gasteiger partial charge is 0.506 e. The molecule has 0 atom stereocenters. The summed E-state index contributed by atoms with van der Waals surface area (Å²) in [5, 5.41) is 10.1. The number of ketones is 1. The van der Waals surface area contributed by atoms with Crippen molar-refractivity contribution in [2.24, 2.45) is 0 Å². The highest BCUT2D eigenvalue weighted by atomic mass is 16.4. The van der Waals surface area contributed by atoms with Crippen LogP contribution in [0.15, 0.2) is 57.7 Å². The highest BCUT2D eigenvalue weighted by Gasteiger charge is 2.16. The third-order valence-corrected chi connectivity index (χ3v) is 3.25. The fraction of sp³-hybridized carbons (Fsp3) is 0.0588. The van der Waals surface area contributed by atoms with Crippen LogP contribution < -0.4 is 5.63 Å². The van der Waals surface area contributed by atoms with Crippen molar-refractivity contribution < 1.29 is 14.3 Å². The number of hydrogen-bond donors (Lipinski definition) is 1. The number of carbonyl (C=O) groups is 1. The molecular weight excluding hydrogens is 268 g/mol. The lowest BCUT2D eigenvalue weighted by molar-refractivity contribution is 0.101. The summed E-state index contributed by atoms with van der Waals surface area (Å²) in [4.78, 5) is 22.5. The number of carbonyl (C=O) groups excluding carboxylic acids is 1. The molecule has 0 saturated carbocycles. The summed E-state index contributed by atoms with van der Waals surface area (Å²) < 4.78 is 4.90. The van der Waals surface area contributed by atoms with Crippen LogP contribution in [0.5, 0.6) is 5.75 Å². The van der Waals surface area contributed by atoms with E-state index in [0.29, 0.717) is 5.39 Å². The lowest BCUT2D eigenvalue weighted by atomic mass is 10.1. The molecule has 0 aliphatic heterocycles. The van der Waals surface area contributed by atoms with Crippen LogP contribution in [-0.4, -0.2) is 10.9 Å². The van der Waals surface area contributed by atoms with Crippen molar-refractivity contribution in [3.8, 4) is 16.9 Å². The quantitative estimate of drug-likeness (QED) is 0.429. The van der Waals surface area contributed by atoms with Gasteiger partial charge in [-0.05, 0) is 36.2 Å². The van der Waals surface area contributed by atoms with Crippen molar-refractivity contribution in [1.82, 2.24) is 0 Å². The zero-order valence-electron chi connectivity index (χ0n) is 11.3. The topological polar surface area (TPSA) is 67.5 Å². The molecule has 1 aromatic heterocycles. The summed E-state index contributed by atoms with van der Waals surface area (Å²) in [7, 11) is 0.